The van der Waals surface area contributed by atoms with Crippen molar-refractivity contribution in [3.8, 4) is 0 Å². The maximum absolute atomic E-state index is 13.1. The summed E-state index contributed by atoms with van der Waals surface area (Å²) in [6.07, 6.45) is 1.63. The molecule has 1 saturated heterocycles. The minimum absolute atomic E-state index is 0.0217. The van der Waals surface area contributed by atoms with Crippen LogP contribution in [-0.2, 0) is 21.5 Å². The first-order chi connectivity index (χ1) is 19.1. The highest BCUT2D eigenvalue weighted by molar-refractivity contribution is 5.96. The Balaban J connectivity index is 0.00000150. The van der Waals surface area contributed by atoms with E-state index in [2.05, 4.69) is 48.6 Å². The standard InChI is InChI=1S/C24H30F3N3O.C5H12.2CH2O/c1-18(23(12-14-30(2)15-13-23)20-9-4-3-5-10-20)29-22(31)21-11-7-6-8-19(21)16-28-17-24(25,26)27;1-3-5-4-2;2*1-2/h3-11,18,28H,12-17H2,1-2H3,(H,29,31);3-5H2,1-2H3;2*1H2/t18-;;;/m0.../s1. The van der Waals surface area contributed by atoms with Crippen LogP contribution in [0.15, 0.2) is 54.6 Å². The van der Waals surface area contributed by atoms with Crippen LogP contribution in [0.4, 0.5) is 13.2 Å². The Morgan fingerprint density at radius 3 is 1.98 bits per heavy atom. The van der Waals surface area contributed by atoms with Crippen LogP contribution < -0.4 is 10.6 Å². The smallest absolute Gasteiger partial charge is 0.349 e. The van der Waals surface area contributed by atoms with Gasteiger partial charge in [-0.3, -0.25) is 4.79 Å². The number of unbranched alkanes of at least 4 members (excludes halogenated alkanes) is 2. The number of carbonyl (C=O) groups excluding carboxylic acids is 3. The topological polar surface area (TPSA) is 78.5 Å². The lowest BCUT2D eigenvalue weighted by atomic mass is 9.68. The zero-order chi connectivity index (χ0) is 30.6. The van der Waals surface area contributed by atoms with Crippen molar-refractivity contribution in [1.29, 1.82) is 0 Å². The quantitative estimate of drug-likeness (QED) is 0.393. The molecule has 2 N–H and O–H groups in total. The molecule has 0 aromatic heterocycles. The highest BCUT2D eigenvalue weighted by atomic mass is 19.4. The summed E-state index contributed by atoms with van der Waals surface area (Å²) < 4.78 is 37.4. The van der Waals surface area contributed by atoms with Gasteiger partial charge >= 0.3 is 6.18 Å². The van der Waals surface area contributed by atoms with Gasteiger partial charge in [0.25, 0.3) is 5.91 Å². The highest BCUT2D eigenvalue weighted by Crippen LogP contribution is 2.38. The number of halogens is 3. The number of hydrogen-bond acceptors (Lipinski definition) is 5. The molecule has 0 unspecified atom stereocenters. The number of rotatable bonds is 9. The molecular formula is C31H46F3N3O3. The first-order valence-electron chi connectivity index (χ1n) is 13.6. The molecule has 1 amide bonds. The number of benzene rings is 2. The first-order valence-corrected chi connectivity index (χ1v) is 13.6. The van der Waals surface area contributed by atoms with Crippen LogP contribution in [-0.4, -0.2) is 63.3 Å². The van der Waals surface area contributed by atoms with Gasteiger partial charge in [0.2, 0.25) is 0 Å². The lowest BCUT2D eigenvalue weighted by molar-refractivity contribution is -0.125. The number of alkyl halides is 3. The summed E-state index contributed by atoms with van der Waals surface area (Å²) in [7, 11) is 2.10. The van der Waals surface area contributed by atoms with E-state index < -0.39 is 12.7 Å². The molecule has 0 spiro atoms. The zero-order valence-electron chi connectivity index (χ0n) is 24.4. The summed E-state index contributed by atoms with van der Waals surface area (Å²) in [6, 6.07) is 16.9. The molecule has 9 heteroatoms. The van der Waals surface area contributed by atoms with E-state index in [1.165, 1.54) is 24.8 Å². The second kappa shape index (κ2) is 19.9. The van der Waals surface area contributed by atoms with Crippen LogP contribution in [0.5, 0.6) is 0 Å². The van der Waals surface area contributed by atoms with Crippen LogP contribution in [0.1, 0.15) is 74.4 Å². The van der Waals surface area contributed by atoms with E-state index in [-0.39, 0.29) is 23.9 Å². The summed E-state index contributed by atoms with van der Waals surface area (Å²) >= 11 is 0. The SMILES string of the molecule is C=O.C=O.CCCCC.C[C@H](NC(=O)c1ccccc1CNCC(F)(F)F)C1(c2ccccc2)CCN(C)CC1. The Labute approximate surface area is 237 Å². The number of piperidine rings is 1. The van der Waals surface area contributed by atoms with Crippen molar-refractivity contribution in [2.45, 2.75) is 77.1 Å². The molecule has 1 aliphatic rings. The molecule has 40 heavy (non-hydrogen) atoms. The molecule has 2 aromatic rings. The van der Waals surface area contributed by atoms with E-state index in [4.69, 9.17) is 9.59 Å². The molecule has 3 rings (SSSR count). The number of hydrogen-bond donors (Lipinski definition) is 2. The summed E-state index contributed by atoms with van der Waals surface area (Å²) in [5.74, 6) is -0.258. The maximum atomic E-state index is 13.1. The maximum Gasteiger partial charge on any atom is 0.401 e. The number of nitrogens with zero attached hydrogens (tertiary/aromatic N) is 1. The number of likely N-dealkylation sites (tertiary alicyclic amines) is 1. The van der Waals surface area contributed by atoms with Gasteiger partial charge in [-0.05, 0) is 57.1 Å². The lowest BCUT2D eigenvalue weighted by Crippen LogP contribution is -2.54. The van der Waals surface area contributed by atoms with Gasteiger partial charge in [0.1, 0.15) is 13.6 Å². The van der Waals surface area contributed by atoms with Crippen LogP contribution in [0.3, 0.4) is 0 Å². The second-order valence-electron chi connectivity index (χ2n) is 9.75. The normalized spacial score (nSPS) is 15.1. The van der Waals surface area contributed by atoms with Crippen molar-refractivity contribution in [2.75, 3.05) is 26.7 Å². The average molecular weight is 566 g/mol. The fourth-order valence-electron chi connectivity index (χ4n) is 4.76. The minimum atomic E-state index is -4.29. The first kappa shape index (κ1) is 37.0. The molecule has 0 saturated carbocycles. The average Bonchev–Trinajstić information content (AvgIpc) is 2.96. The molecule has 0 radical (unpaired) electrons. The van der Waals surface area contributed by atoms with Gasteiger partial charge in [0.15, 0.2) is 0 Å². The summed E-state index contributed by atoms with van der Waals surface area (Å²) in [4.78, 5) is 31.4. The van der Waals surface area contributed by atoms with E-state index in [1.54, 1.807) is 24.3 Å². The van der Waals surface area contributed by atoms with Crippen molar-refractivity contribution in [3.63, 3.8) is 0 Å². The number of nitrogens with one attached hydrogen (secondary N) is 2. The van der Waals surface area contributed by atoms with Gasteiger partial charge in [-0.1, -0.05) is 81.6 Å². The fraction of sp³-hybridized carbons (Fsp3) is 0.516. The molecule has 0 aliphatic carbocycles. The van der Waals surface area contributed by atoms with E-state index in [0.29, 0.717) is 11.1 Å². The zero-order valence-corrected chi connectivity index (χ0v) is 24.4. The predicted molar refractivity (Wildman–Crippen MR) is 155 cm³/mol. The molecule has 1 atom stereocenters. The molecule has 1 heterocycles. The van der Waals surface area contributed by atoms with Gasteiger partial charge in [-0.2, -0.15) is 13.2 Å². The Hall–Kier alpha value is -3.04. The summed E-state index contributed by atoms with van der Waals surface area (Å²) in [6.45, 7) is 11.2. The number of carbonyl (C=O) groups is 3. The van der Waals surface area contributed by atoms with Crippen molar-refractivity contribution < 1.29 is 27.6 Å². The molecule has 224 valence electrons. The van der Waals surface area contributed by atoms with Crippen LogP contribution in [0.2, 0.25) is 0 Å². The summed E-state index contributed by atoms with van der Waals surface area (Å²) in [5, 5.41) is 5.54. The van der Waals surface area contributed by atoms with Crippen molar-refractivity contribution in [2.24, 2.45) is 0 Å². The fourth-order valence-corrected chi connectivity index (χ4v) is 4.76. The Morgan fingerprint density at radius 1 is 0.950 bits per heavy atom. The van der Waals surface area contributed by atoms with Crippen molar-refractivity contribution >= 4 is 19.5 Å². The Morgan fingerprint density at radius 2 is 1.48 bits per heavy atom. The van der Waals surface area contributed by atoms with Crippen LogP contribution in [0, 0.1) is 0 Å². The van der Waals surface area contributed by atoms with E-state index >= 15 is 0 Å². The Kier molecular flexibility index (Phi) is 18.4. The molecular weight excluding hydrogens is 519 g/mol. The molecule has 1 fully saturated rings. The molecule has 6 nitrogen and oxygen atoms in total. The number of amides is 1. The Bertz CT molecular complexity index is 946. The third kappa shape index (κ3) is 12.4. The van der Waals surface area contributed by atoms with E-state index in [1.807, 2.05) is 38.7 Å². The highest BCUT2D eigenvalue weighted by Gasteiger charge is 2.41. The molecule has 2 aromatic carbocycles. The van der Waals surface area contributed by atoms with Gasteiger partial charge in [0.05, 0.1) is 6.54 Å². The van der Waals surface area contributed by atoms with Crippen molar-refractivity contribution in [3.05, 3.63) is 71.3 Å². The van der Waals surface area contributed by atoms with Gasteiger partial charge < -0.3 is 25.1 Å². The van der Waals surface area contributed by atoms with E-state index in [0.717, 1.165) is 25.9 Å². The second-order valence-corrected chi connectivity index (χ2v) is 9.75. The van der Waals surface area contributed by atoms with Gasteiger partial charge in [-0.25, -0.2) is 0 Å². The van der Waals surface area contributed by atoms with Gasteiger partial charge in [-0.15, -0.1) is 0 Å². The van der Waals surface area contributed by atoms with E-state index in [9.17, 15) is 18.0 Å². The molecule has 1 aliphatic heterocycles. The van der Waals surface area contributed by atoms with Crippen LogP contribution >= 0.6 is 0 Å². The third-order valence-corrected chi connectivity index (χ3v) is 7.01. The van der Waals surface area contributed by atoms with Crippen LogP contribution in [0.25, 0.3) is 0 Å². The largest absolute Gasteiger partial charge is 0.401 e. The lowest BCUT2D eigenvalue weighted by Gasteiger charge is -2.45. The summed E-state index contributed by atoms with van der Waals surface area (Å²) in [5.41, 5.74) is 1.97. The predicted octanol–water partition coefficient (Wildman–Crippen LogP) is 5.95. The minimum Gasteiger partial charge on any atom is -0.349 e. The van der Waals surface area contributed by atoms with Gasteiger partial charge in [0, 0.05) is 23.6 Å². The monoisotopic (exact) mass is 565 g/mol. The van der Waals surface area contributed by atoms with Crippen molar-refractivity contribution in [1.82, 2.24) is 15.5 Å². The third-order valence-electron chi connectivity index (χ3n) is 7.01. The molecule has 0 bridgehead atoms.